The van der Waals surface area contributed by atoms with Gasteiger partial charge in [-0.15, -0.1) is 0 Å². The molecule has 1 fully saturated rings. The molecule has 0 radical (unpaired) electrons. The number of hydrogen-bond acceptors (Lipinski definition) is 3. The van der Waals surface area contributed by atoms with Gasteiger partial charge >= 0.3 is 0 Å². The summed E-state index contributed by atoms with van der Waals surface area (Å²) in [6.07, 6.45) is 1.76. The van der Waals surface area contributed by atoms with Gasteiger partial charge in [-0.2, -0.15) is 0 Å². The second-order valence-electron chi connectivity index (χ2n) is 3.62. The highest BCUT2D eigenvalue weighted by molar-refractivity contribution is 5.79. The number of hydrogen-bond donors (Lipinski definition) is 1. The van der Waals surface area contributed by atoms with Gasteiger partial charge in [0.15, 0.2) is 0 Å². The highest BCUT2D eigenvalue weighted by Crippen LogP contribution is 2.15. The lowest BCUT2D eigenvalue weighted by Gasteiger charge is -2.23. The molecule has 1 rings (SSSR count). The van der Waals surface area contributed by atoms with E-state index in [1.165, 1.54) is 0 Å². The molecule has 1 atom stereocenters. The van der Waals surface area contributed by atoms with Gasteiger partial charge in [0.25, 0.3) is 0 Å². The number of rotatable bonds is 5. The molecule has 1 saturated heterocycles. The van der Waals surface area contributed by atoms with Gasteiger partial charge in [-0.05, 0) is 26.3 Å². The zero-order valence-corrected chi connectivity index (χ0v) is 8.87. The Kier molecular flexibility index (Phi) is 4.90. The monoisotopic (exact) mass is 200 g/mol. The Balaban J connectivity index is 2.37. The van der Waals surface area contributed by atoms with Crippen LogP contribution < -0.4 is 5.73 Å². The summed E-state index contributed by atoms with van der Waals surface area (Å²) in [4.78, 5) is 13.8. The highest BCUT2D eigenvalue weighted by atomic mass is 16.5. The second kappa shape index (κ2) is 5.98. The van der Waals surface area contributed by atoms with Crippen LogP contribution >= 0.6 is 0 Å². The lowest BCUT2D eigenvalue weighted by molar-refractivity contribution is -0.135. The standard InChI is InChI=1S/C10H20N2O2/c1-2-12(6-3-5-11)10(13)9-4-7-14-8-9/h9H,2-8,11H2,1H3. The molecule has 0 saturated carbocycles. The molecule has 1 unspecified atom stereocenters. The molecule has 2 N–H and O–H groups in total. The molecule has 0 aromatic rings. The van der Waals surface area contributed by atoms with Crippen molar-refractivity contribution >= 4 is 5.91 Å². The van der Waals surface area contributed by atoms with Crippen LogP contribution in [0.2, 0.25) is 0 Å². The highest BCUT2D eigenvalue weighted by Gasteiger charge is 2.26. The molecule has 4 heteroatoms. The molecule has 0 aromatic heterocycles. The van der Waals surface area contributed by atoms with Gasteiger partial charge < -0.3 is 15.4 Å². The second-order valence-corrected chi connectivity index (χ2v) is 3.62. The summed E-state index contributed by atoms with van der Waals surface area (Å²) in [7, 11) is 0. The van der Waals surface area contributed by atoms with Gasteiger partial charge in [0.2, 0.25) is 5.91 Å². The quantitative estimate of drug-likeness (QED) is 0.690. The number of carbonyl (C=O) groups is 1. The van der Waals surface area contributed by atoms with Crippen LogP contribution in [0.5, 0.6) is 0 Å². The van der Waals surface area contributed by atoms with E-state index in [1.54, 1.807) is 0 Å². The summed E-state index contributed by atoms with van der Waals surface area (Å²) >= 11 is 0. The molecule has 14 heavy (non-hydrogen) atoms. The third-order valence-corrected chi connectivity index (χ3v) is 2.60. The first-order valence-electron chi connectivity index (χ1n) is 5.36. The van der Waals surface area contributed by atoms with Crippen molar-refractivity contribution in [3.63, 3.8) is 0 Å². The molecule has 1 heterocycles. The summed E-state index contributed by atoms with van der Waals surface area (Å²) in [6.45, 7) is 5.52. The molecular formula is C10H20N2O2. The van der Waals surface area contributed by atoms with Crippen LogP contribution in [-0.2, 0) is 9.53 Å². The molecule has 0 aromatic carbocycles. The fourth-order valence-corrected chi connectivity index (χ4v) is 1.69. The first-order valence-corrected chi connectivity index (χ1v) is 5.36. The van der Waals surface area contributed by atoms with Crippen molar-refractivity contribution in [1.82, 2.24) is 4.90 Å². The van der Waals surface area contributed by atoms with Gasteiger partial charge in [0.05, 0.1) is 12.5 Å². The van der Waals surface area contributed by atoms with Crippen LogP contribution in [0.3, 0.4) is 0 Å². The van der Waals surface area contributed by atoms with Gasteiger partial charge in [0.1, 0.15) is 0 Å². The third-order valence-electron chi connectivity index (χ3n) is 2.60. The van der Waals surface area contributed by atoms with Crippen molar-refractivity contribution < 1.29 is 9.53 Å². The largest absolute Gasteiger partial charge is 0.381 e. The predicted octanol–water partition coefficient (Wildman–Crippen LogP) is 0.220. The number of nitrogens with two attached hydrogens (primary N) is 1. The third kappa shape index (κ3) is 2.96. The molecule has 0 aliphatic carbocycles. The fraction of sp³-hybridized carbons (Fsp3) is 0.900. The van der Waals surface area contributed by atoms with Crippen molar-refractivity contribution in [2.24, 2.45) is 11.7 Å². The molecule has 1 aliphatic heterocycles. The van der Waals surface area contributed by atoms with Crippen molar-refractivity contribution in [2.45, 2.75) is 19.8 Å². The molecule has 1 amide bonds. The lowest BCUT2D eigenvalue weighted by atomic mass is 10.1. The Bertz CT molecular complexity index is 179. The Morgan fingerprint density at radius 3 is 2.93 bits per heavy atom. The minimum absolute atomic E-state index is 0.0905. The van der Waals surface area contributed by atoms with Gasteiger partial charge in [-0.1, -0.05) is 0 Å². The SMILES string of the molecule is CCN(CCCN)C(=O)C1CCOC1. The number of ether oxygens (including phenoxy) is 1. The van der Waals surface area contributed by atoms with E-state index < -0.39 is 0 Å². The average molecular weight is 200 g/mol. The lowest BCUT2D eigenvalue weighted by Crippen LogP contribution is -2.37. The van der Waals surface area contributed by atoms with Crippen LogP contribution in [0.1, 0.15) is 19.8 Å². The molecule has 0 bridgehead atoms. The first kappa shape index (κ1) is 11.5. The van der Waals surface area contributed by atoms with Gasteiger partial charge in [-0.3, -0.25) is 4.79 Å². The summed E-state index contributed by atoms with van der Waals surface area (Å²) in [5.74, 6) is 0.325. The predicted molar refractivity (Wildman–Crippen MR) is 54.9 cm³/mol. The van der Waals surface area contributed by atoms with E-state index in [0.717, 1.165) is 32.5 Å². The van der Waals surface area contributed by atoms with E-state index in [0.29, 0.717) is 13.2 Å². The molecule has 4 nitrogen and oxygen atoms in total. The molecule has 0 spiro atoms. The molecule has 1 aliphatic rings. The van der Waals surface area contributed by atoms with Crippen LogP contribution in [0.25, 0.3) is 0 Å². The molecule has 82 valence electrons. The normalized spacial score (nSPS) is 21.1. The zero-order valence-electron chi connectivity index (χ0n) is 8.87. The Morgan fingerprint density at radius 2 is 2.43 bits per heavy atom. The summed E-state index contributed by atoms with van der Waals surface area (Å²) in [6, 6.07) is 0. The van der Waals surface area contributed by atoms with Crippen LogP contribution in [0.4, 0.5) is 0 Å². The topological polar surface area (TPSA) is 55.6 Å². The van der Waals surface area contributed by atoms with Gasteiger partial charge in [-0.25, -0.2) is 0 Å². The Labute approximate surface area is 85.4 Å². The van der Waals surface area contributed by atoms with Crippen molar-refractivity contribution in [2.75, 3.05) is 32.8 Å². The minimum atomic E-state index is 0.0905. The fourth-order valence-electron chi connectivity index (χ4n) is 1.69. The summed E-state index contributed by atoms with van der Waals surface area (Å²) in [5.41, 5.74) is 5.42. The maximum Gasteiger partial charge on any atom is 0.228 e. The van der Waals surface area contributed by atoms with E-state index >= 15 is 0 Å². The van der Waals surface area contributed by atoms with E-state index in [9.17, 15) is 4.79 Å². The minimum Gasteiger partial charge on any atom is -0.381 e. The zero-order chi connectivity index (χ0) is 10.4. The summed E-state index contributed by atoms with van der Waals surface area (Å²) < 4.78 is 5.21. The number of amides is 1. The van der Waals surface area contributed by atoms with Crippen molar-refractivity contribution in [3.05, 3.63) is 0 Å². The van der Waals surface area contributed by atoms with E-state index in [2.05, 4.69) is 0 Å². The molecular weight excluding hydrogens is 180 g/mol. The maximum atomic E-state index is 11.9. The van der Waals surface area contributed by atoms with Crippen LogP contribution in [-0.4, -0.2) is 43.7 Å². The Hall–Kier alpha value is -0.610. The van der Waals surface area contributed by atoms with Crippen LogP contribution in [0, 0.1) is 5.92 Å². The first-order chi connectivity index (χ1) is 6.79. The van der Waals surface area contributed by atoms with Crippen molar-refractivity contribution in [3.8, 4) is 0 Å². The summed E-state index contributed by atoms with van der Waals surface area (Å²) in [5, 5.41) is 0. The van der Waals surface area contributed by atoms with Gasteiger partial charge in [0, 0.05) is 19.7 Å². The van der Waals surface area contributed by atoms with E-state index in [4.69, 9.17) is 10.5 Å². The van der Waals surface area contributed by atoms with Crippen molar-refractivity contribution in [1.29, 1.82) is 0 Å². The van der Waals surface area contributed by atoms with E-state index in [-0.39, 0.29) is 11.8 Å². The average Bonchev–Trinajstić information content (AvgIpc) is 2.71. The smallest absolute Gasteiger partial charge is 0.228 e. The Morgan fingerprint density at radius 1 is 1.64 bits per heavy atom. The van der Waals surface area contributed by atoms with Crippen LogP contribution in [0.15, 0.2) is 0 Å². The van der Waals surface area contributed by atoms with E-state index in [1.807, 2.05) is 11.8 Å². The number of nitrogens with zero attached hydrogens (tertiary/aromatic N) is 1. The maximum absolute atomic E-state index is 11.9. The number of carbonyl (C=O) groups excluding carboxylic acids is 1.